The number of nitrogens with one attached hydrogen (secondary N) is 2. The van der Waals surface area contributed by atoms with Gasteiger partial charge in [-0.25, -0.2) is 23.1 Å². The van der Waals surface area contributed by atoms with Crippen LogP contribution in [0.5, 0.6) is 0 Å². The predicted molar refractivity (Wildman–Crippen MR) is 142 cm³/mol. The van der Waals surface area contributed by atoms with E-state index in [1.165, 1.54) is 23.0 Å². The van der Waals surface area contributed by atoms with Gasteiger partial charge in [-0.05, 0) is 78.9 Å². The molecule has 3 heterocycles. The van der Waals surface area contributed by atoms with E-state index in [1.807, 2.05) is 6.92 Å². The number of halogens is 4. The third-order valence-electron chi connectivity index (χ3n) is 6.47. The van der Waals surface area contributed by atoms with E-state index in [9.17, 15) is 18.4 Å². The minimum Gasteiger partial charge on any atom is -0.349 e. The molecule has 0 bridgehead atoms. The molecule has 0 spiro atoms. The number of alkyl halides is 2. The zero-order valence-corrected chi connectivity index (χ0v) is 22.8. The molecule has 1 unspecified atom stereocenters. The van der Waals surface area contributed by atoms with Gasteiger partial charge >= 0.3 is 0 Å². The van der Waals surface area contributed by atoms with Crippen molar-refractivity contribution in [2.24, 2.45) is 5.92 Å². The highest BCUT2D eigenvalue weighted by atomic mass is 35.5. The molecule has 0 aliphatic heterocycles. The second-order valence-electron chi connectivity index (χ2n) is 9.44. The molecule has 0 radical (unpaired) electrons. The number of hydrogen-bond acceptors (Lipinski definition) is 7. The molecule has 3 aromatic heterocycles. The van der Waals surface area contributed by atoms with E-state index in [-0.39, 0.29) is 52.0 Å². The minimum atomic E-state index is -2.91. The molecule has 1 aliphatic carbocycles. The van der Waals surface area contributed by atoms with Gasteiger partial charge in [0.2, 0.25) is 5.82 Å². The molecule has 11 nitrogen and oxygen atoms in total. The Kier molecular flexibility index (Phi) is 7.76. The maximum absolute atomic E-state index is 13.7. The zero-order valence-electron chi connectivity index (χ0n) is 21.3. The first kappa shape index (κ1) is 27.6. The number of rotatable bonds is 9. The first-order chi connectivity index (χ1) is 19.1. The summed E-state index contributed by atoms with van der Waals surface area (Å²) in [6.45, 7) is 3.40. The maximum Gasteiger partial charge on any atom is 0.298 e. The molecule has 1 aliphatic rings. The van der Waals surface area contributed by atoms with Gasteiger partial charge in [0, 0.05) is 17.3 Å². The Labute approximate surface area is 236 Å². The van der Waals surface area contributed by atoms with Gasteiger partial charge in [-0.2, -0.15) is 5.10 Å². The molecule has 1 aromatic carbocycles. The van der Waals surface area contributed by atoms with Crippen LogP contribution < -0.4 is 10.6 Å². The summed E-state index contributed by atoms with van der Waals surface area (Å²) in [5, 5.41) is 20.9. The molecule has 0 saturated heterocycles. The van der Waals surface area contributed by atoms with E-state index in [0.717, 1.165) is 17.5 Å². The van der Waals surface area contributed by atoms with Crippen molar-refractivity contribution in [1.29, 1.82) is 0 Å². The smallest absolute Gasteiger partial charge is 0.298 e. The SMILES string of the molecule is Cc1cc(Cl)cc(C(=O)NC(C)C2CC2)c1NC(=O)c1cc(Cn2nnnc2C(F)F)nn1-c1ncccc1Cl. The van der Waals surface area contributed by atoms with Gasteiger partial charge < -0.3 is 10.6 Å². The number of aromatic nitrogens is 7. The van der Waals surface area contributed by atoms with Crippen molar-refractivity contribution in [3.8, 4) is 5.82 Å². The van der Waals surface area contributed by atoms with Gasteiger partial charge in [0.15, 0.2) is 5.82 Å². The fourth-order valence-electron chi connectivity index (χ4n) is 4.26. The van der Waals surface area contributed by atoms with Crippen LogP contribution in [-0.2, 0) is 6.54 Å². The highest BCUT2D eigenvalue weighted by Crippen LogP contribution is 2.33. The van der Waals surface area contributed by atoms with Crippen LogP contribution in [0.1, 0.15) is 64.1 Å². The standard InChI is InChI=1S/C25H23Cl2F2N9O2/c1-12-8-15(26)9-17(24(39)31-13(2)14-5-6-14)20(12)32-25(40)19-10-16(11-37-23(21(28)29)33-35-36-37)34-38(19)22-18(27)4-3-7-30-22/h3-4,7-10,13-14,21H,5-6,11H2,1-2H3,(H,31,39)(H,32,40). The van der Waals surface area contributed by atoms with Crippen LogP contribution in [0.3, 0.4) is 0 Å². The first-order valence-corrected chi connectivity index (χ1v) is 13.0. The Balaban J connectivity index is 1.51. The molecule has 4 aromatic rings. The molecule has 15 heteroatoms. The number of carbonyl (C=O) groups excluding carboxylic acids is 2. The number of amides is 2. The summed E-state index contributed by atoms with van der Waals surface area (Å²) in [6.07, 6.45) is 0.648. The van der Waals surface area contributed by atoms with Crippen LogP contribution in [0.15, 0.2) is 36.5 Å². The Morgan fingerprint density at radius 1 is 1.18 bits per heavy atom. The molecule has 2 N–H and O–H groups in total. The molecule has 1 fully saturated rings. The first-order valence-electron chi connectivity index (χ1n) is 12.3. The maximum atomic E-state index is 13.7. The van der Waals surface area contributed by atoms with Crippen molar-refractivity contribution >= 4 is 40.7 Å². The van der Waals surface area contributed by atoms with Crippen molar-refractivity contribution in [2.45, 2.75) is 45.7 Å². The van der Waals surface area contributed by atoms with Crippen LogP contribution in [0.4, 0.5) is 14.5 Å². The number of aryl methyl sites for hydroxylation is 1. The highest BCUT2D eigenvalue weighted by molar-refractivity contribution is 6.32. The lowest BCUT2D eigenvalue weighted by Gasteiger charge is -2.18. The van der Waals surface area contributed by atoms with E-state index < -0.39 is 18.2 Å². The number of anilines is 1. The molecule has 1 saturated carbocycles. The second-order valence-corrected chi connectivity index (χ2v) is 10.3. The van der Waals surface area contributed by atoms with Crippen molar-refractivity contribution in [3.05, 3.63) is 74.9 Å². The molecule has 2 amide bonds. The van der Waals surface area contributed by atoms with Gasteiger partial charge in [0.1, 0.15) is 5.69 Å². The number of pyridine rings is 1. The lowest BCUT2D eigenvalue weighted by molar-refractivity contribution is 0.0936. The largest absolute Gasteiger partial charge is 0.349 e. The van der Waals surface area contributed by atoms with E-state index in [4.69, 9.17) is 23.2 Å². The molecule has 5 rings (SSSR count). The van der Waals surface area contributed by atoms with Crippen LogP contribution in [0.25, 0.3) is 5.82 Å². The quantitative estimate of drug-likeness (QED) is 0.290. The van der Waals surface area contributed by atoms with E-state index in [2.05, 4.69) is 36.2 Å². The Bertz CT molecular complexity index is 1590. The summed E-state index contributed by atoms with van der Waals surface area (Å²) in [4.78, 5) is 31.1. The highest BCUT2D eigenvalue weighted by Gasteiger charge is 2.30. The average Bonchev–Trinajstić information content (AvgIpc) is 3.52. The molecule has 1 atom stereocenters. The predicted octanol–water partition coefficient (Wildman–Crippen LogP) is 4.64. The Morgan fingerprint density at radius 2 is 1.95 bits per heavy atom. The second kappa shape index (κ2) is 11.3. The number of benzene rings is 1. The minimum absolute atomic E-state index is 0.0191. The van der Waals surface area contributed by atoms with Crippen LogP contribution >= 0.6 is 23.2 Å². The third kappa shape index (κ3) is 5.80. The van der Waals surface area contributed by atoms with Crippen LogP contribution in [0.2, 0.25) is 10.0 Å². The fourth-order valence-corrected chi connectivity index (χ4v) is 4.74. The summed E-state index contributed by atoms with van der Waals surface area (Å²) < 4.78 is 28.7. The monoisotopic (exact) mass is 589 g/mol. The number of hydrogen-bond donors (Lipinski definition) is 2. The van der Waals surface area contributed by atoms with Crippen LogP contribution in [0, 0.1) is 12.8 Å². The molecule has 208 valence electrons. The summed E-state index contributed by atoms with van der Waals surface area (Å²) in [7, 11) is 0. The van der Waals surface area contributed by atoms with Gasteiger partial charge in [-0.15, -0.1) is 5.10 Å². The number of tetrazole rings is 1. The topological polar surface area (TPSA) is 133 Å². The number of nitrogens with zero attached hydrogens (tertiary/aromatic N) is 7. The van der Waals surface area contributed by atoms with Crippen LogP contribution in [-0.4, -0.2) is 52.8 Å². The Morgan fingerprint density at radius 3 is 2.65 bits per heavy atom. The van der Waals surface area contributed by atoms with Gasteiger partial charge in [-0.3, -0.25) is 9.59 Å². The summed E-state index contributed by atoms with van der Waals surface area (Å²) >= 11 is 12.6. The average molecular weight is 590 g/mol. The summed E-state index contributed by atoms with van der Waals surface area (Å²) in [5.74, 6) is -1.12. The van der Waals surface area contributed by atoms with E-state index >= 15 is 0 Å². The molecular weight excluding hydrogens is 567 g/mol. The van der Waals surface area contributed by atoms with Crippen molar-refractivity contribution in [1.82, 2.24) is 40.3 Å². The fraction of sp³-hybridized carbons (Fsp3) is 0.320. The van der Waals surface area contributed by atoms with Gasteiger partial charge in [-0.1, -0.05) is 23.2 Å². The van der Waals surface area contributed by atoms with E-state index in [1.54, 1.807) is 25.1 Å². The van der Waals surface area contributed by atoms with Crippen molar-refractivity contribution in [2.75, 3.05) is 5.32 Å². The molecular formula is C25H23Cl2F2N9O2. The lowest BCUT2D eigenvalue weighted by atomic mass is 10.1. The van der Waals surface area contributed by atoms with Crippen molar-refractivity contribution in [3.63, 3.8) is 0 Å². The lowest BCUT2D eigenvalue weighted by Crippen LogP contribution is -2.34. The van der Waals surface area contributed by atoms with Gasteiger partial charge in [0.05, 0.1) is 28.5 Å². The normalized spacial score (nSPS) is 13.9. The van der Waals surface area contributed by atoms with E-state index in [0.29, 0.717) is 16.5 Å². The zero-order chi connectivity index (χ0) is 28.6. The summed E-state index contributed by atoms with van der Waals surface area (Å²) in [6, 6.07) is 7.64. The Hall–Kier alpha value is -3.97. The van der Waals surface area contributed by atoms with Gasteiger partial charge in [0.25, 0.3) is 18.2 Å². The number of carbonyl (C=O) groups is 2. The molecule has 40 heavy (non-hydrogen) atoms. The summed E-state index contributed by atoms with van der Waals surface area (Å²) in [5.41, 5.74) is 1.18. The van der Waals surface area contributed by atoms with Crippen molar-refractivity contribution < 1.29 is 18.4 Å². The third-order valence-corrected chi connectivity index (χ3v) is 6.98.